The molecule has 0 fully saturated rings. The highest BCUT2D eigenvalue weighted by Crippen LogP contribution is 2.28. The Morgan fingerprint density at radius 3 is 2.54 bits per heavy atom. The molecule has 0 spiro atoms. The number of carbonyl (C=O) groups excluding carboxylic acids is 1. The van der Waals surface area contributed by atoms with Crippen LogP contribution >= 0.6 is 0 Å². The lowest BCUT2D eigenvalue weighted by atomic mass is 10.2. The van der Waals surface area contributed by atoms with E-state index in [0.29, 0.717) is 16.9 Å². The van der Waals surface area contributed by atoms with E-state index < -0.39 is 4.92 Å². The Kier molecular flexibility index (Phi) is 3.87. The molecule has 24 heavy (non-hydrogen) atoms. The fourth-order valence-corrected chi connectivity index (χ4v) is 2.33. The van der Waals surface area contributed by atoms with Crippen molar-refractivity contribution in [2.75, 3.05) is 19.4 Å². The first-order chi connectivity index (χ1) is 11.5. The van der Waals surface area contributed by atoms with Crippen molar-refractivity contribution in [3.8, 4) is 0 Å². The number of hydrogen-bond donors (Lipinski definition) is 1. The van der Waals surface area contributed by atoms with Crippen molar-refractivity contribution >= 4 is 28.9 Å². The van der Waals surface area contributed by atoms with E-state index in [9.17, 15) is 14.9 Å². The normalized spacial score (nSPS) is 10.6. The van der Waals surface area contributed by atoms with Crippen molar-refractivity contribution in [1.82, 2.24) is 14.3 Å². The topological polar surface area (TPSA) is 92.8 Å². The molecule has 0 saturated heterocycles. The number of nitrogens with zero attached hydrogens (tertiary/aromatic N) is 4. The highest BCUT2D eigenvalue weighted by Gasteiger charge is 2.22. The summed E-state index contributed by atoms with van der Waals surface area (Å²) in [5.41, 5.74) is 1.62. The van der Waals surface area contributed by atoms with Crippen molar-refractivity contribution in [3.63, 3.8) is 0 Å². The summed E-state index contributed by atoms with van der Waals surface area (Å²) in [7, 11) is 3.35. The highest BCUT2D eigenvalue weighted by atomic mass is 16.6. The zero-order valence-corrected chi connectivity index (χ0v) is 13.1. The maximum Gasteiger partial charge on any atom is 0.372 e. The molecule has 3 rings (SSSR count). The van der Waals surface area contributed by atoms with E-state index in [1.54, 1.807) is 62.8 Å². The van der Waals surface area contributed by atoms with Gasteiger partial charge in [0, 0.05) is 31.4 Å². The SMILES string of the molecule is CN(C)C(=O)c1ccc(Nc2nc3ccccn3c2[N+](=O)[O-])cc1. The Labute approximate surface area is 137 Å². The summed E-state index contributed by atoms with van der Waals surface area (Å²) in [6.45, 7) is 0. The quantitative estimate of drug-likeness (QED) is 0.588. The van der Waals surface area contributed by atoms with Gasteiger partial charge < -0.3 is 20.3 Å². The van der Waals surface area contributed by atoms with Crippen molar-refractivity contribution in [2.24, 2.45) is 0 Å². The van der Waals surface area contributed by atoms with Crippen LogP contribution in [0, 0.1) is 10.1 Å². The smallest absolute Gasteiger partial charge is 0.358 e. The number of benzene rings is 1. The minimum absolute atomic E-state index is 0.111. The van der Waals surface area contributed by atoms with E-state index in [4.69, 9.17) is 0 Å². The van der Waals surface area contributed by atoms with Gasteiger partial charge in [-0.1, -0.05) is 6.07 Å². The number of aromatic nitrogens is 2. The minimum atomic E-state index is -0.480. The number of nitro groups is 1. The summed E-state index contributed by atoms with van der Waals surface area (Å²) in [6, 6.07) is 11.8. The molecular weight excluding hydrogens is 310 g/mol. The number of rotatable bonds is 4. The second-order valence-electron chi connectivity index (χ2n) is 5.37. The number of hydrogen-bond acceptors (Lipinski definition) is 5. The van der Waals surface area contributed by atoms with Crippen LogP contribution in [0.15, 0.2) is 48.7 Å². The third kappa shape index (κ3) is 2.76. The van der Waals surface area contributed by atoms with Gasteiger partial charge in [-0.2, -0.15) is 9.38 Å². The zero-order valence-electron chi connectivity index (χ0n) is 13.1. The van der Waals surface area contributed by atoms with Crippen LogP contribution in [0.4, 0.5) is 17.3 Å². The van der Waals surface area contributed by atoms with E-state index in [1.165, 1.54) is 9.30 Å². The highest BCUT2D eigenvalue weighted by molar-refractivity contribution is 5.94. The molecule has 2 aromatic heterocycles. The fraction of sp³-hybridized carbons (Fsp3) is 0.125. The van der Waals surface area contributed by atoms with Crippen molar-refractivity contribution in [3.05, 3.63) is 64.3 Å². The second-order valence-corrected chi connectivity index (χ2v) is 5.37. The van der Waals surface area contributed by atoms with Gasteiger partial charge in [-0.25, -0.2) is 0 Å². The lowest BCUT2D eigenvalue weighted by Gasteiger charge is -2.10. The van der Waals surface area contributed by atoms with Crippen LogP contribution in [0.1, 0.15) is 10.4 Å². The van der Waals surface area contributed by atoms with Crippen LogP contribution < -0.4 is 5.32 Å². The molecule has 0 aliphatic carbocycles. The number of carbonyl (C=O) groups is 1. The number of amides is 1. The molecule has 0 aliphatic heterocycles. The monoisotopic (exact) mass is 325 g/mol. The maximum absolute atomic E-state index is 11.9. The Hall–Kier alpha value is -3.42. The first-order valence-electron chi connectivity index (χ1n) is 7.17. The van der Waals surface area contributed by atoms with Gasteiger partial charge in [-0.05, 0) is 35.3 Å². The van der Waals surface area contributed by atoms with Gasteiger partial charge in [0.15, 0.2) is 0 Å². The summed E-state index contributed by atoms with van der Waals surface area (Å²) in [6.07, 6.45) is 1.59. The molecule has 8 heteroatoms. The van der Waals surface area contributed by atoms with Gasteiger partial charge >= 0.3 is 5.82 Å². The average molecular weight is 325 g/mol. The lowest BCUT2D eigenvalue weighted by Crippen LogP contribution is -2.21. The van der Waals surface area contributed by atoms with E-state index in [-0.39, 0.29) is 17.5 Å². The van der Waals surface area contributed by atoms with Crippen LogP contribution in [-0.2, 0) is 0 Å². The molecule has 0 aliphatic rings. The minimum Gasteiger partial charge on any atom is -0.358 e. The van der Waals surface area contributed by atoms with Crippen molar-refractivity contribution < 1.29 is 9.72 Å². The van der Waals surface area contributed by atoms with E-state index in [2.05, 4.69) is 10.3 Å². The molecular formula is C16H15N5O3. The van der Waals surface area contributed by atoms with E-state index in [1.807, 2.05) is 0 Å². The first-order valence-corrected chi connectivity index (χ1v) is 7.17. The first kappa shape index (κ1) is 15.5. The second kappa shape index (κ2) is 5.99. The molecule has 1 amide bonds. The van der Waals surface area contributed by atoms with E-state index >= 15 is 0 Å². The predicted molar refractivity (Wildman–Crippen MR) is 89.6 cm³/mol. The van der Waals surface area contributed by atoms with Crippen molar-refractivity contribution in [2.45, 2.75) is 0 Å². The number of imidazole rings is 1. The summed E-state index contributed by atoms with van der Waals surface area (Å²) >= 11 is 0. The number of anilines is 2. The lowest BCUT2D eigenvalue weighted by molar-refractivity contribution is -0.389. The Morgan fingerprint density at radius 1 is 1.21 bits per heavy atom. The summed E-state index contributed by atoms with van der Waals surface area (Å²) < 4.78 is 1.41. The number of nitrogens with one attached hydrogen (secondary N) is 1. The van der Waals surface area contributed by atoms with Crippen LogP contribution in [0.25, 0.3) is 5.65 Å². The van der Waals surface area contributed by atoms with Gasteiger partial charge in [0.1, 0.15) is 0 Å². The average Bonchev–Trinajstić information content (AvgIpc) is 2.92. The molecule has 0 saturated carbocycles. The molecule has 3 aromatic rings. The molecule has 0 radical (unpaired) electrons. The van der Waals surface area contributed by atoms with Gasteiger partial charge in [-0.15, -0.1) is 0 Å². The molecule has 0 unspecified atom stereocenters. The maximum atomic E-state index is 11.9. The molecule has 0 atom stereocenters. The van der Waals surface area contributed by atoms with Crippen LogP contribution in [-0.4, -0.2) is 39.2 Å². The van der Waals surface area contributed by atoms with Crippen molar-refractivity contribution in [1.29, 1.82) is 0 Å². The molecule has 0 bridgehead atoms. The summed E-state index contributed by atoms with van der Waals surface area (Å²) in [4.78, 5) is 28.5. The number of pyridine rings is 1. The van der Waals surface area contributed by atoms with Crippen LogP contribution in [0.5, 0.6) is 0 Å². The zero-order chi connectivity index (χ0) is 17.3. The van der Waals surface area contributed by atoms with Gasteiger partial charge in [-0.3, -0.25) is 4.79 Å². The Balaban J connectivity index is 1.94. The molecule has 1 N–H and O–H groups in total. The third-order valence-electron chi connectivity index (χ3n) is 3.48. The van der Waals surface area contributed by atoms with Gasteiger partial charge in [0.2, 0.25) is 11.5 Å². The standard InChI is InChI=1S/C16H15N5O3/c1-19(2)16(22)11-6-8-12(9-7-11)17-14-15(21(23)24)20-10-4-3-5-13(20)18-14/h3-10,17H,1-2H3. The summed E-state index contributed by atoms with van der Waals surface area (Å²) in [5.74, 6) is -0.0998. The van der Waals surface area contributed by atoms with E-state index in [0.717, 1.165) is 0 Å². The van der Waals surface area contributed by atoms with Gasteiger partial charge in [0.25, 0.3) is 5.91 Å². The third-order valence-corrected chi connectivity index (χ3v) is 3.48. The molecule has 1 aromatic carbocycles. The van der Waals surface area contributed by atoms with Gasteiger partial charge in [0.05, 0.1) is 6.20 Å². The largest absolute Gasteiger partial charge is 0.372 e. The van der Waals surface area contributed by atoms with Crippen LogP contribution in [0.2, 0.25) is 0 Å². The summed E-state index contributed by atoms with van der Waals surface area (Å²) in [5, 5.41) is 14.3. The molecule has 2 heterocycles. The molecule has 8 nitrogen and oxygen atoms in total. The predicted octanol–water partition coefficient (Wildman–Crippen LogP) is 2.69. The Morgan fingerprint density at radius 2 is 1.92 bits per heavy atom. The fourth-order valence-electron chi connectivity index (χ4n) is 2.33. The molecule has 122 valence electrons. The van der Waals surface area contributed by atoms with Crippen LogP contribution in [0.3, 0.4) is 0 Å². The number of fused-ring (bicyclic) bond motifs is 1. The Bertz CT molecular complexity index is 915.